The first-order chi connectivity index (χ1) is 24.3. The highest BCUT2D eigenvalue weighted by molar-refractivity contribution is 6.13. The van der Waals surface area contributed by atoms with Gasteiger partial charge in [-0.3, -0.25) is 0 Å². The summed E-state index contributed by atoms with van der Waals surface area (Å²) in [7, 11) is 0. The summed E-state index contributed by atoms with van der Waals surface area (Å²) >= 11 is 0. The van der Waals surface area contributed by atoms with Crippen LogP contribution in [-0.2, 0) is 0 Å². The van der Waals surface area contributed by atoms with Gasteiger partial charge in [-0.2, -0.15) is 0 Å². The van der Waals surface area contributed by atoms with Crippen LogP contribution in [0.4, 0.5) is 0 Å². The standard InChI is InChI=1S/C47H31NO/c1-4-12-32(13-5-1)37-18-10-19-38(28-37)34-22-24-35(25-23-34)39-26-27-45-42(29-39)47-41(20-11-21-46(47)49-45)44-31-40(33-14-6-2-7-15-33)30-43(48-44)36-16-8-3-9-17-36/h1-31H. The SMILES string of the molecule is c1ccc(-c2cccc(-c3ccc(-c4ccc5oc6cccc(-c7cc(-c8ccccc8)cc(-c8ccccc8)n7)c6c5c4)cc3)c2)cc1. The molecule has 0 saturated carbocycles. The zero-order valence-electron chi connectivity index (χ0n) is 26.8. The van der Waals surface area contributed by atoms with Gasteiger partial charge in [-0.15, -0.1) is 0 Å². The Labute approximate surface area is 285 Å². The molecule has 9 rings (SSSR count). The largest absolute Gasteiger partial charge is 0.456 e. The molecule has 0 aliphatic heterocycles. The second kappa shape index (κ2) is 12.3. The van der Waals surface area contributed by atoms with E-state index in [2.05, 4.69) is 182 Å². The van der Waals surface area contributed by atoms with Crippen molar-refractivity contribution in [2.24, 2.45) is 0 Å². The molecule has 7 aromatic carbocycles. The molecule has 0 aliphatic rings. The topological polar surface area (TPSA) is 26.0 Å². The normalized spacial score (nSPS) is 11.3. The molecule has 0 saturated heterocycles. The predicted octanol–water partition coefficient (Wildman–Crippen LogP) is 13.0. The molecule has 2 heteroatoms. The monoisotopic (exact) mass is 625 g/mol. The van der Waals surface area contributed by atoms with Crippen molar-refractivity contribution in [1.82, 2.24) is 4.98 Å². The van der Waals surface area contributed by atoms with E-state index in [4.69, 9.17) is 9.40 Å². The molecule has 0 fully saturated rings. The molecule has 0 amide bonds. The maximum Gasteiger partial charge on any atom is 0.136 e. The Balaban J connectivity index is 1.13. The molecule has 9 aromatic rings. The van der Waals surface area contributed by atoms with Crippen LogP contribution in [0.2, 0.25) is 0 Å². The number of aromatic nitrogens is 1. The maximum absolute atomic E-state index is 6.43. The molecule has 0 aliphatic carbocycles. The molecule has 2 nitrogen and oxygen atoms in total. The molecule has 49 heavy (non-hydrogen) atoms. The molecular weight excluding hydrogens is 595 g/mol. The third-order valence-corrected chi connectivity index (χ3v) is 9.29. The van der Waals surface area contributed by atoms with Gasteiger partial charge in [-0.25, -0.2) is 4.98 Å². The third-order valence-electron chi connectivity index (χ3n) is 9.29. The van der Waals surface area contributed by atoms with Gasteiger partial charge in [0.25, 0.3) is 0 Å². The van der Waals surface area contributed by atoms with Crippen LogP contribution in [0.1, 0.15) is 0 Å². The van der Waals surface area contributed by atoms with Gasteiger partial charge in [0.05, 0.1) is 11.4 Å². The van der Waals surface area contributed by atoms with E-state index in [-0.39, 0.29) is 0 Å². The first-order valence-corrected chi connectivity index (χ1v) is 16.6. The summed E-state index contributed by atoms with van der Waals surface area (Å²) in [5.41, 5.74) is 15.1. The zero-order chi connectivity index (χ0) is 32.6. The van der Waals surface area contributed by atoms with Crippen molar-refractivity contribution in [1.29, 1.82) is 0 Å². The predicted molar refractivity (Wildman–Crippen MR) is 204 cm³/mol. The van der Waals surface area contributed by atoms with Crippen molar-refractivity contribution in [3.63, 3.8) is 0 Å². The molecule has 0 spiro atoms. The summed E-state index contributed by atoms with van der Waals surface area (Å²) < 4.78 is 6.43. The molecule has 230 valence electrons. The lowest BCUT2D eigenvalue weighted by Crippen LogP contribution is -1.91. The van der Waals surface area contributed by atoms with E-state index in [9.17, 15) is 0 Å². The van der Waals surface area contributed by atoms with E-state index < -0.39 is 0 Å². The van der Waals surface area contributed by atoms with Crippen LogP contribution >= 0.6 is 0 Å². The Hall–Kier alpha value is -6.51. The van der Waals surface area contributed by atoms with E-state index in [1.165, 1.54) is 22.3 Å². The lowest BCUT2D eigenvalue weighted by Gasteiger charge is -2.11. The lowest BCUT2D eigenvalue weighted by atomic mass is 9.95. The van der Waals surface area contributed by atoms with Crippen LogP contribution in [0.15, 0.2) is 192 Å². The number of nitrogens with zero attached hydrogens (tertiary/aromatic N) is 1. The van der Waals surface area contributed by atoms with E-state index >= 15 is 0 Å². The van der Waals surface area contributed by atoms with E-state index in [1.807, 2.05) is 6.07 Å². The molecular formula is C47H31NO. The summed E-state index contributed by atoms with van der Waals surface area (Å²) in [6.07, 6.45) is 0. The average Bonchev–Trinajstić information content (AvgIpc) is 3.57. The summed E-state index contributed by atoms with van der Waals surface area (Å²) in [5, 5.41) is 2.15. The third kappa shape index (κ3) is 5.50. The summed E-state index contributed by atoms with van der Waals surface area (Å²) in [6, 6.07) is 66.2. The molecule has 0 bridgehead atoms. The van der Waals surface area contributed by atoms with E-state index in [0.717, 1.165) is 66.7 Å². The molecule has 0 radical (unpaired) electrons. The van der Waals surface area contributed by atoms with Crippen molar-refractivity contribution in [3.05, 3.63) is 188 Å². The van der Waals surface area contributed by atoms with Crippen LogP contribution in [0, 0.1) is 0 Å². The number of fused-ring (bicyclic) bond motifs is 3. The number of pyridine rings is 1. The van der Waals surface area contributed by atoms with Gasteiger partial charge < -0.3 is 4.42 Å². The number of hydrogen-bond acceptors (Lipinski definition) is 2. The van der Waals surface area contributed by atoms with Gasteiger partial charge in [0.2, 0.25) is 0 Å². The number of rotatable bonds is 6. The van der Waals surface area contributed by atoms with Crippen molar-refractivity contribution in [3.8, 4) is 67.0 Å². The molecule has 0 unspecified atom stereocenters. The minimum Gasteiger partial charge on any atom is -0.456 e. The number of furan rings is 1. The second-order valence-corrected chi connectivity index (χ2v) is 12.4. The molecule has 0 atom stereocenters. The lowest BCUT2D eigenvalue weighted by molar-refractivity contribution is 0.669. The van der Waals surface area contributed by atoms with Crippen LogP contribution in [0.5, 0.6) is 0 Å². The minimum absolute atomic E-state index is 0.853. The highest BCUT2D eigenvalue weighted by atomic mass is 16.3. The fourth-order valence-corrected chi connectivity index (χ4v) is 6.81. The first kappa shape index (κ1) is 28.7. The molecule has 2 aromatic heterocycles. The minimum atomic E-state index is 0.853. The Kier molecular flexibility index (Phi) is 7.18. The highest BCUT2D eigenvalue weighted by Crippen LogP contribution is 2.40. The number of benzene rings is 7. The van der Waals surface area contributed by atoms with Gasteiger partial charge in [-0.1, -0.05) is 152 Å². The van der Waals surface area contributed by atoms with Crippen LogP contribution in [0.25, 0.3) is 89.0 Å². The van der Waals surface area contributed by atoms with Crippen LogP contribution in [0.3, 0.4) is 0 Å². The Bertz CT molecular complexity index is 2510. The smallest absolute Gasteiger partial charge is 0.136 e. The molecule has 2 heterocycles. The number of hydrogen-bond donors (Lipinski definition) is 0. The van der Waals surface area contributed by atoms with E-state index in [1.54, 1.807) is 0 Å². The zero-order valence-corrected chi connectivity index (χ0v) is 26.8. The Morgan fingerprint density at radius 3 is 1.45 bits per heavy atom. The summed E-state index contributed by atoms with van der Waals surface area (Å²) in [5.74, 6) is 0. The van der Waals surface area contributed by atoms with Gasteiger partial charge in [0.15, 0.2) is 0 Å². The Morgan fingerprint density at radius 2 is 0.796 bits per heavy atom. The second-order valence-electron chi connectivity index (χ2n) is 12.4. The van der Waals surface area contributed by atoms with Crippen LogP contribution in [-0.4, -0.2) is 4.98 Å². The van der Waals surface area contributed by atoms with Gasteiger partial charge >= 0.3 is 0 Å². The van der Waals surface area contributed by atoms with Crippen molar-refractivity contribution < 1.29 is 4.42 Å². The first-order valence-electron chi connectivity index (χ1n) is 16.6. The fourth-order valence-electron chi connectivity index (χ4n) is 6.81. The quantitative estimate of drug-likeness (QED) is 0.184. The molecule has 0 N–H and O–H groups in total. The maximum atomic E-state index is 6.43. The fraction of sp³-hybridized carbons (Fsp3) is 0. The van der Waals surface area contributed by atoms with E-state index in [0.29, 0.717) is 0 Å². The highest BCUT2D eigenvalue weighted by Gasteiger charge is 2.17. The van der Waals surface area contributed by atoms with Crippen molar-refractivity contribution in [2.75, 3.05) is 0 Å². The van der Waals surface area contributed by atoms with Gasteiger partial charge in [0.1, 0.15) is 11.2 Å². The average molecular weight is 626 g/mol. The van der Waals surface area contributed by atoms with Gasteiger partial charge in [-0.05, 0) is 80.9 Å². The Morgan fingerprint density at radius 1 is 0.306 bits per heavy atom. The van der Waals surface area contributed by atoms with Crippen molar-refractivity contribution in [2.45, 2.75) is 0 Å². The van der Waals surface area contributed by atoms with Gasteiger partial charge in [0, 0.05) is 21.9 Å². The van der Waals surface area contributed by atoms with Crippen LogP contribution < -0.4 is 0 Å². The summed E-state index contributed by atoms with van der Waals surface area (Å²) in [4.78, 5) is 5.24. The summed E-state index contributed by atoms with van der Waals surface area (Å²) in [6.45, 7) is 0. The van der Waals surface area contributed by atoms with Crippen molar-refractivity contribution >= 4 is 21.9 Å².